The van der Waals surface area contributed by atoms with Gasteiger partial charge in [0.1, 0.15) is 16.4 Å². The average molecular weight is 398 g/mol. The van der Waals surface area contributed by atoms with Crippen molar-refractivity contribution in [2.45, 2.75) is 24.9 Å². The first-order chi connectivity index (χ1) is 12.1. The molecule has 1 aliphatic heterocycles. The van der Waals surface area contributed by atoms with Gasteiger partial charge in [-0.25, -0.2) is 4.98 Å². The molecule has 0 saturated carbocycles. The molecule has 3 N–H and O–H groups in total. The molecule has 1 saturated heterocycles. The highest BCUT2D eigenvalue weighted by Gasteiger charge is 2.29. The number of furan rings is 1. The molecule has 0 bridgehead atoms. The first-order valence-electron chi connectivity index (χ1n) is 8.01. The molecule has 8 heteroatoms. The lowest BCUT2D eigenvalue weighted by Gasteiger charge is -2.28. The highest BCUT2D eigenvalue weighted by molar-refractivity contribution is 7.20. The standard InChI is InChI=1S/C17H17Cl2N3O2S/c18-13-6-12(21-7-9-2-1-4-24-9)17-15(22-13)14(19)16(25-17)10-3-5-23-8-11(10)20/h1-2,4,6,10-11H,3,5,7-8,20H2,(H,21,22)/t10-,11-/m1/s1. The van der Waals surface area contributed by atoms with Gasteiger partial charge in [-0.3, -0.25) is 0 Å². The van der Waals surface area contributed by atoms with E-state index in [4.69, 9.17) is 38.1 Å². The van der Waals surface area contributed by atoms with E-state index < -0.39 is 0 Å². The van der Waals surface area contributed by atoms with Crippen LogP contribution in [-0.2, 0) is 11.3 Å². The second-order valence-electron chi connectivity index (χ2n) is 6.02. The van der Waals surface area contributed by atoms with Gasteiger partial charge in [0.2, 0.25) is 0 Å². The summed E-state index contributed by atoms with van der Waals surface area (Å²) in [4.78, 5) is 5.49. The topological polar surface area (TPSA) is 73.3 Å². The SMILES string of the molecule is N[C@@H]1COCC[C@H]1c1sc2c(NCc3ccco3)cc(Cl)nc2c1Cl. The summed E-state index contributed by atoms with van der Waals surface area (Å²) < 4.78 is 11.8. The van der Waals surface area contributed by atoms with Crippen molar-refractivity contribution in [2.24, 2.45) is 5.73 Å². The smallest absolute Gasteiger partial charge is 0.131 e. The molecule has 25 heavy (non-hydrogen) atoms. The van der Waals surface area contributed by atoms with Crippen LogP contribution in [-0.4, -0.2) is 24.2 Å². The first-order valence-corrected chi connectivity index (χ1v) is 9.58. The van der Waals surface area contributed by atoms with Gasteiger partial charge in [-0.15, -0.1) is 11.3 Å². The Morgan fingerprint density at radius 3 is 3.04 bits per heavy atom. The van der Waals surface area contributed by atoms with Crippen LogP contribution in [0, 0.1) is 0 Å². The molecular weight excluding hydrogens is 381 g/mol. The maximum atomic E-state index is 6.65. The number of thiophene rings is 1. The second-order valence-corrected chi connectivity index (χ2v) is 7.83. The molecule has 132 valence electrons. The van der Waals surface area contributed by atoms with Gasteiger partial charge in [0.25, 0.3) is 0 Å². The number of pyridine rings is 1. The van der Waals surface area contributed by atoms with Crippen LogP contribution >= 0.6 is 34.5 Å². The molecular formula is C17H17Cl2N3O2S. The molecule has 0 aliphatic carbocycles. The number of anilines is 1. The average Bonchev–Trinajstić information content (AvgIpc) is 3.22. The Morgan fingerprint density at radius 1 is 1.40 bits per heavy atom. The minimum absolute atomic E-state index is 0.0608. The molecule has 4 rings (SSSR count). The van der Waals surface area contributed by atoms with E-state index in [0.717, 1.165) is 33.0 Å². The Hall–Kier alpha value is -1.31. The summed E-state index contributed by atoms with van der Waals surface area (Å²) in [5.41, 5.74) is 7.85. The molecule has 1 aliphatic rings. The molecule has 5 nitrogen and oxygen atoms in total. The summed E-state index contributed by atoms with van der Waals surface area (Å²) in [5, 5.41) is 4.41. The van der Waals surface area contributed by atoms with E-state index >= 15 is 0 Å². The first kappa shape index (κ1) is 17.1. The molecule has 3 aromatic heterocycles. The number of ether oxygens (including phenoxy) is 1. The van der Waals surface area contributed by atoms with E-state index in [1.54, 1.807) is 17.6 Å². The number of aromatic nitrogens is 1. The molecule has 1 fully saturated rings. The monoisotopic (exact) mass is 397 g/mol. The molecule has 0 aromatic carbocycles. The van der Waals surface area contributed by atoms with Crippen LogP contribution in [0.5, 0.6) is 0 Å². The van der Waals surface area contributed by atoms with Crippen LogP contribution in [0.4, 0.5) is 5.69 Å². The van der Waals surface area contributed by atoms with Gasteiger partial charge < -0.3 is 20.2 Å². The van der Waals surface area contributed by atoms with Gasteiger partial charge in [-0.2, -0.15) is 0 Å². The molecule has 4 heterocycles. The Bertz CT molecular complexity index is 882. The maximum Gasteiger partial charge on any atom is 0.131 e. The summed E-state index contributed by atoms with van der Waals surface area (Å²) in [6, 6.07) is 5.53. The third-order valence-corrected chi connectivity index (χ3v) is 6.38. The third kappa shape index (κ3) is 3.37. The fraction of sp³-hybridized carbons (Fsp3) is 0.353. The summed E-state index contributed by atoms with van der Waals surface area (Å²) >= 11 is 14.5. The second kappa shape index (κ2) is 7.13. The Balaban J connectivity index is 1.72. The Kier molecular flexibility index (Phi) is 4.88. The molecule has 2 atom stereocenters. The normalized spacial score (nSPS) is 20.9. The number of halogens is 2. The molecule has 0 amide bonds. The number of nitrogens with one attached hydrogen (secondary N) is 1. The van der Waals surface area contributed by atoms with Crippen LogP contribution in [0.1, 0.15) is 23.0 Å². The number of hydrogen-bond donors (Lipinski definition) is 2. The zero-order chi connectivity index (χ0) is 17.4. The largest absolute Gasteiger partial charge is 0.467 e. The van der Waals surface area contributed by atoms with Crippen molar-refractivity contribution in [2.75, 3.05) is 18.5 Å². The fourth-order valence-corrected chi connectivity index (χ4v) is 5.05. The van der Waals surface area contributed by atoms with Gasteiger partial charge in [0, 0.05) is 29.5 Å². The fourth-order valence-electron chi connectivity index (χ4n) is 3.08. The van der Waals surface area contributed by atoms with Crippen LogP contribution in [0.15, 0.2) is 28.9 Å². The van der Waals surface area contributed by atoms with Gasteiger partial charge in [-0.05, 0) is 18.6 Å². The van der Waals surface area contributed by atoms with E-state index in [1.807, 2.05) is 18.2 Å². The lowest BCUT2D eigenvalue weighted by Crippen LogP contribution is -2.37. The van der Waals surface area contributed by atoms with Crippen LogP contribution in [0.3, 0.4) is 0 Å². The minimum Gasteiger partial charge on any atom is -0.467 e. The van der Waals surface area contributed by atoms with Crippen molar-refractivity contribution in [3.63, 3.8) is 0 Å². The lowest BCUT2D eigenvalue weighted by molar-refractivity contribution is 0.0703. The summed E-state index contributed by atoms with van der Waals surface area (Å²) in [6.07, 6.45) is 2.51. The van der Waals surface area contributed by atoms with Crippen molar-refractivity contribution in [3.8, 4) is 0 Å². The Labute approximate surface area is 159 Å². The van der Waals surface area contributed by atoms with E-state index in [0.29, 0.717) is 29.9 Å². The van der Waals surface area contributed by atoms with Crippen molar-refractivity contribution >= 4 is 50.4 Å². The van der Waals surface area contributed by atoms with Gasteiger partial charge in [-0.1, -0.05) is 23.2 Å². The number of hydrogen-bond acceptors (Lipinski definition) is 6. The summed E-state index contributed by atoms with van der Waals surface area (Å²) in [6.45, 7) is 1.80. The number of nitrogens with zero attached hydrogens (tertiary/aromatic N) is 1. The van der Waals surface area contributed by atoms with E-state index in [2.05, 4.69) is 10.3 Å². The number of fused-ring (bicyclic) bond motifs is 1. The molecule has 3 aromatic rings. The zero-order valence-electron chi connectivity index (χ0n) is 13.3. The van der Waals surface area contributed by atoms with Crippen molar-refractivity contribution in [1.29, 1.82) is 0 Å². The quantitative estimate of drug-likeness (QED) is 0.627. The molecule has 0 spiro atoms. The zero-order valence-corrected chi connectivity index (χ0v) is 15.6. The van der Waals surface area contributed by atoms with Crippen molar-refractivity contribution in [1.82, 2.24) is 4.98 Å². The van der Waals surface area contributed by atoms with E-state index in [-0.39, 0.29) is 12.0 Å². The van der Waals surface area contributed by atoms with E-state index in [9.17, 15) is 0 Å². The van der Waals surface area contributed by atoms with Gasteiger partial charge in [0.05, 0.1) is 34.8 Å². The van der Waals surface area contributed by atoms with Crippen LogP contribution < -0.4 is 11.1 Å². The maximum absolute atomic E-state index is 6.65. The number of rotatable bonds is 4. The predicted octanol–water partition coefficient (Wildman–Crippen LogP) is 4.64. The van der Waals surface area contributed by atoms with Crippen LogP contribution in [0.2, 0.25) is 10.2 Å². The van der Waals surface area contributed by atoms with Crippen molar-refractivity contribution in [3.05, 3.63) is 45.3 Å². The molecule has 0 radical (unpaired) electrons. The van der Waals surface area contributed by atoms with E-state index in [1.165, 1.54) is 0 Å². The summed E-state index contributed by atoms with van der Waals surface area (Å²) in [7, 11) is 0. The minimum atomic E-state index is -0.0608. The third-order valence-electron chi connectivity index (χ3n) is 4.35. The predicted molar refractivity (Wildman–Crippen MR) is 102 cm³/mol. The molecule has 0 unspecified atom stereocenters. The summed E-state index contributed by atoms with van der Waals surface area (Å²) in [5.74, 6) is 1.02. The highest BCUT2D eigenvalue weighted by atomic mass is 35.5. The lowest BCUT2D eigenvalue weighted by atomic mass is 9.94. The highest BCUT2D eigenvalue weighted by Crippen LogP contribution is 2.45. The number of nitrogens with two attached hydrogens (primary N) is 1. The van der Waals surface area contributed by atoms with Gasteiger partial charge >= 0.3 is 0 Å². The van der Waals surface area contributed by atoms with Crippen LogP contribution in [0.25, 0.3) is 10.2 Å². The Morgan fingerprint density at radius 2 is 2.28 bits per heavy atom. The van der Waals surface area contributed by atoms with Gasteiger partial charge in [0.15, 0.2) is 0 Å². The van der Waals surface area contributed by atoms with Crippen molar-refractivity contribution < 1.29 is 9.15 Å².